The van der Waals surface area contributed by atoms with Gasteiger partial charge in [0.25, 0.3) is 11.6 Å². The molecular weight excluding hydrogens is 463 g/mol. The number of rotatable bonds is 6. The lowest BCUT2D eigenvalue weighted by atomic mass is 10.2. The Bertz CT molecular complexity index is 924. The first-order valence-corrected chi connectivity index (χ1v) is 9.49. The van der Waals surface area contributed by atoms with Crippen molar-refractivity contribution in [1.82, 2.24) is 10.6 Å². The second-order valence-electron chi connectivity index (χ2n) is 5.52. The molecule has 3 N–H and O–H groups in total. The van der Waals surface area contributed by atoms with Crippen molar-refractivity contribution in [2.75, 3.05) is 12.4 Å². The first-order chi connectivity index (χ1) is 13.6. The van der Waals surface area contributed by atoms with Crippen LogP contribution in [0.3, 0.4) is 0 Å². The van der Waals surface area contributed by atoms with Crippen molar-refractivity contribution < 1.29 is 14.5 Å². The molecule has 0 heterocycles. The number of nitrogens with zero attached hydrogens (tertiary/aromatic N) is 1. The molecule has 8 nitrogen and oxygen atoms in total. The molecule has 1 atom stereocenters. The standard InChI is InChI=1S/C17H15Cl3N4O4S/c1-28-13-9-5-2-6-10(13)14(25)22-15(17(18,19)20)23-16(29)21-11-7-3-4-8-12(11)24(26)27/h2-9,15H,1H3,(H,22,25)(H2,21,23,29). The normalized spacial score (nSPS) is 11.9. The summed E-state index contributed by atoms with van der Waals surface area (Å²) in [5, 5.41) is 18.8. The predicted molar refractivity (Wildman–Crippen MR) is 117 cm³/mol. The lowest BCUT2D eigenvalue weighted by Crippen LogP contribution is -2.56. The van der Waals surface area contributed by atoms with Gasteiger partial charge in [0.05, 0.1) is 17.6 Å². The molecule has 0 fully saturated rings. The number of carbonyl (C=O) groups is 1. The molecule has 0 spiro atoms. The number of methoxy groups -OCH3 is 1. The third kappa shape index (κ3) is 6.33. The highest BCUT2D eigenvalue weighted by molar-refractivity contribution is 7.80. The van der Waals surface area contributed by atoms with Gasteiger partial charge in [0, 0.05) is 6.07 Å². The van der Waals surface area contributed by atoms with Crippen molar-refractivity contribution in [1.29, 1.82) is 0 Å². The minimum atomic E-state index is -1.99. The third-order valence-corrected chi connectivity index (χ3v) is 4.45. The molecular formula is C17H15Cl3N4O4S. The van der Waals surface area contributed by atoms with Crippen LogP contribution in [0, 0.1) is 10.1 Å². The van der Waals surface area contributed by atoms with Gasteiger partial charge in [-0.15, -0.1) is 0 Å². The molecule has 0 saturated carbocycles. The zero-order valence-electron chi connectivity index (χ0n) is 14.8. The zero-order chi connectivity index (χ0) is 21.6. The third-order valence-electron chi connectivity index (χ3n) is 3.58. The Morgan fingerprint density at radius 3 is 2.38 bits per heavy atom. The van der Waals surface area contributed by atoms with Gasteiger partial charge in [0.1, 0.15) is 17.6 Å². The van der Waals surface area contributed by atoms with E-state index in [1.54, 1.807) is 24.3 Å². The Balaban J connectivity index is 2.16. The number of nitro benzene ring substituents is 1. The van der Waals surface area contributed by atoms with E-state index in [1.165, 1.54) is 31.4 Å². The van der Waals surface area contributed by atoms with E-state index in [9.17, 15) is 14.9 Å². The topological polar surface area (TPSA) is 106 Å². The van der Waals surface area contributed by atoms with Crippen molar-refractivity contribution >= 4 is 69.4 Å². The van der Waals surface area contributed by atoms with Crippen LogP contribution in [-0.2, 0) is 0 Å². The summed E-state index contributed by atoms with van der Waals surface area (Å²) in [6.07, 6.45) is -1.26. The minimum Gasteiger partial charge on any atom is -0.496 e. The maximum atomic E-state index is 12.6. The van der Waals surface area contributed by atoms with Gasteiger partial charge in [-0.1, -0.05) is 59.1 Å². The Morgan fingerprint density at radius 1 is 1.14 bits per heavy atom. The number of alkyl halides is 3. The lowest BCUT2D eigenvalue weighted by Gasteiger charge is -2.28. The first kappa shape index (κ1) is 23.0. The maximum Gasteiger partial charge on any atom is 0.292 e. The maximum absolute atomic E-state index is 12.6. The molecule has 29 heavy (non-hydrogen) atoms. The fourth-order valence-corrected chi connectivity index (χ4v) is 2.82. The molecule has 0 aromatic heterocycles. The molecule has 0 aliphatic heterocycles. The molecule has 0 saturated heterocycles. The highest BCUT2D eigenvalue weighted by Gasteiger charge is 2.35. The number of halogens is 3. The van der Waals surface area contributed by atoms with Crippen LogP contribution in [0.2, 0.25) is 0 Å². The van der Waals surface area contributed by atoms with Crippen LogP contribution in [0.15, 0.2) is 48.5 Å². The molecule has 0 radical (unpaired) electrons. The summed E-state index contributed by atoms with van der Waals surface area (Å²) in [5.41, 5.74) is 0.155. The summed E-state index contributed by atoms with van der Waals surface area (Å²) in [4.78, 5) is 23.2. The Morgan fingerprint density at radius 2 is 1.76 bits per heavy atom. The van der Waals surface area contributed by atoms with Crippen molar-refractivity contribution in [2.45, 2.75) is 9.96 Å². The van der Waals surface area contributed by atoms with E-state index in [2.05, 4.69) is 16.0 Å². The average molecular weight is 478 g/mol. The molecule has 2 aromatic carbocycles. The summed E-state index contributed by atoms with van der Waals surface area (Å²) in [5.74, 6) is -0.256. The number of anilines is 1. The SMILES string of the molecule is COc1ccccc1C(=O)NC(NC(=S)Nc1ccccc1[N+](=O)[O-])C(Cl)(Cl)Cl. The molecule has 2 rings (SSSR count). The van der Waals surface area contributed by atoms with Crippen LogP contribution in [0.1, 0.15) is 10.4 Å². The van der Waals surface area contributed by atoms with Crippen molar-refractivity contribution in [3.8, 4) is 5.75 Å². The number of nitrogens with one attached hydrogen (secondary N) is 3. The van der Waals surface area contributed by atoms with Crippen molar-refractivity contribution in [2.24, 2.45) is 0 Å². The van der Waals surface area contributed by atoms with E-state index in [4.69, 9.17) is 51.8 Å². The fourth-order valence-electron chi connectivity index (χ4n) is 2.27. The monoisotopic (exact) mass is 476 g/mol. The molecule has 0 aliphatic carbocycles. The number of para-hydroxylation sites is 3. The Kier molecular flexibility index (Phi) is 7.86. The van der Waals surface area contributed by atoms with Crippen LogP contribution in [-0.4, -0.2) is 33.0 Å². The van der Waals surface area contributed by atoms with E-state index in [-0.39, 0.29) is 22.1 Å². The van der Waals surface area contributed by atoms with Gasteiger partial charge in [-0.05, 0) is 30.4 Å². The largest absolute Gasteiger partial charge is 0.496 e. The van der Waals surface area contributed by atoms with Gasteiger partial charge in [-0.2, -0.15) is 0 Å². The Labute approximate surface area is 186 Å². The van der Waals surface area contributed by atoms with Crippen LogP contribution in [0.4, 0.5) is 11.4 Å². The van der Waals surface area contributed by atoms with Gasteiger partial charge in [0.2, 0.25) is 3.79 Å². The molecule has 0 bridgehead atoms. The number of hydrogen-bond acceptors (Lipinski definition) is 5. The number of nitro groups is 1. The summed E-state index contributed by atoms with van der Waals surface area (Å²) in [7, 11) is 1.42. The minimum absolute atomic E-state index is 0.101. The number of thiocarbonyl (C=S) groups is 1. The van der Waals surface area contributed by atoms with Gasteiger partial charge in [0.15, 0.2) is 5.11 Å². The van der Waals surface area contributed by atoms with Crippen LogP contribution < -0.4 is 20.7 Å². The van der Waals surface area contributed by atoms with Crippen LogP contribution in [0.25, 0.3) is 0 Å². The number of amides is 1. The molecule has 0 aliphatic rings. The fraction of sp³-hybridized carbons (Fsp3) is 0.176. The summed E-state index contributed by atoms with van der Waals surface area (Å²) >= 11 is 23.0. The summed E-state index contributed by atoms with van der Waals surface area (Å²) in [6.45, 7) is 0. The molecule has 154 valence electrons. The van der Waals surface area contributed by atoms with Gasteiger partial charge >= 0.3 is 0 Å². The van der Waals surface area contributed by atoms with Crippen molar-refractivity contribution in [3.05, 3.63) is 64.2 Å². The zero-order valence-corrected chi connectivity index (χ0v) is 17.9. The van der Waals surface area contributed by atoms with Crippen LogP contribution >= 0.6 is 47.0 Å². The first-order valence-electron chi connectivity index (χ1n) is 7.95. The van der Waals surface area contributed by atoms with Gasteiger partial charge in [-0.25, -0.2) is 0 Å². The van der Waals surface area contributed by atoms with Crippen molar-refractivity contribution in [3.63, 3.8) is 0 Å². The second kappa shape index (κ2) is 9.93. The molecule has 1 unspecified atom stereocenters. The predicted octanol–water partition coefficient (Wildman–Crippen LogP) is 4.02. The quantitative estimate of drug-likeness (QED) is 0.190. The number of hydrogen-bond donors (Lipinski definition) is 3. The van der Waals surface area contributed by atoms with E-state index in [0.717, 1.165) is 0 Å². The smallest absolute Gasteiger partial charge is 0.292 e. The van der Waals surface area contributed by atoms with E-state index in [1.807, 2.05) is 0 Å². The number of ether oxygens (including phenoxy) is 1. The highest BCUT2D eigenvalue weighted by atomic mass is 35.6. The number of benzene rings is 2. The van der Waals surface area contributed by atoms with Gasteiger partial charge in [-0.3, -0.25) is 14.9 Å². The molecule has 1 amide bonds. The molecule has 2 aromatic rings. The summed E-state index contributed by atoms with van der Waals surface area (Å²) in [6, 6.07) is 12.4. The van der Waals surface area contributed by atoms with E-state index < -0.39 is 20.8 Å². The second-order valence-corrected chi connectivity index (χ2v) is 8.30. The summed E-state index contributed by atoms with van der Waals surface area (Å²) < 4.78 is 3.15. The van der Waals surface area contributed by atoms with Gasteiger partial charge < -0.3 is 20.7 Å². The average Bonchev–Trinajstić information content (AvgIpc) is 2.66. The Hall–Kier alpha value is -2.33. The number of carbonyl (C=O) groups excluding carboxylic acids is 1. The van der Waals surface area contributed by atoms with Crippen LogP contribution in [0.5, 0.6) is 5.75 Å². The highest BCUT2D eigenvalue weighted by Crippen LogP contribution is 2.30. The lowest BCUT2D eigenvalue weighted by molar-refractivity contribution is -0.383. The molecule has 12 heteroatoms. The van der Waals surface area contributed by atoms with E-state index in [0.29, 0.717) is 5.75 Å². The van der Waals surface area contributed by atoms with E-state index >= 15 is 0 Å².